The van der Waals surface area contributed by atoms with Crippen LogP contribution in [-0.4, -0.2) is 11.6 Å². The van der Waals surface area contributed by atoms with Crippen LogP contribution in [-0.2, 0) is 16.0 Å². The van der Waals surface area contributed by atoms with Gasteiger partial charge in [-0.1, -0.05) is 36.4 Å². The minimum Gasteiger partial charge on any atom is -0.460 e. The van der Waals surface area contributed by atoms with Crippen molar-refractivity contribution in [3.63, 3.8) is 0 Å². The molecule has 0 amide bonds. The average Bonchev–Trinajstić information content (AvgIpc) is 2.27. The second-order valence-electron chi connectivity index (χ2n) is 5.21. The highest BCUT2D eigenvalue weighted by atomic mass is 16.6. The molecule has 0 aromatic heterocycles. The Morgan fingerprint density at radius 1 is 1.33 bits per heavy atom. The van der Waals surface area contributed by atoms with Crippen molar-refractivity contribution in [1.82, 2.24) is 0 Å². The van der Waals surface area contributed by atoms with Gasteiger partial charge in [-0.15, -0.1) is 0 Å². The third-order valence-electron chi connectivity index (χ3n) is 2.35. The summed E-state index contributed by atoms with van der Waals surface area (Å²) in [6.07, 6.45) is 3.68. The summed E-state index contributed by atoms with van der Waals surface area (Å²) in [4.78, 5) is 12.0. The highest BCUT2D eigenvalue weighted by Crippen LogP contribution is 2.16. The Hall–Kier alpha value is -1.77. The van der Waals surface area contributed by atoms with Gasteiger partial charge in [0.25, 0.3) is 0 Å². The molecule has 3 nitrogen and oxygen atoms in total. The minimum atomic E-state index is -0.478. The Morgan fingerprint density at radius 2 is 1.94 bits per heavy atom. The van der Waals surface area contributed by atoms with Crippen LogP contribution in [0, 0.1) is 5.92 Å². The Labute approximate surface area is 109 Å². The molecule has 0 aliphatic carbocycles. The van der Waals surface area contributed by atoms with Crippen molar-refractivity contribution in [1.29, 1.82) is 0 Å². The molecular formula is C15H21NO2. The molecule has 0 saturated heterocycles. The molecule has 18 heavy (non-hydrogen) atoms. The number of benzene rings is 1. The molecule has 1 atom stereocenters. The summed E-state index contributed by atoms with van der Waals surface area (Å²) < 4.78 is 5.38. The predicted molar refractivity (Wildman–Crippen MR) is 72.8 cm³/mol. The van der Waals surface area contributed by atoms with Gasteiger partial charge in [-0.3, -0.25) is 4.79 Å². The quantitative estimate of drug-likeness (QED) is 0.832. The van der Waals surface area contributed by atoms with Crippen LogP contribution in [0.4, 0.5) is 0 Å². The van der Waals surface area contributed by atoms with Crippen molar-refractivity contribution in [3.8, 4) is 0 Å². The average molecular weight is 247 g/mol. The smallest absolute Gasteiger partial charge is 0.313 e. The molecule has 0 radical (unpaired) electrons. The molecule has 1 aromatic carbocycles. The molecule has 0 fully saturated rings. The van der Waals surface area contributed by atoms with Gasteiger partial charge in [0.15, 0.2) is 0 Å². The van der Waals surface area contributed by atoms with Crippen molar-refractivity contribution in [3.05, 3.63) is 48.2 Å². The van der Waals surface area contributed by atoms with E-state index in [2.05, 4.69) is 0 Å². The highest BCUT2D eigenvalue weighted by Gasteiger charge is 2.23. The van der Waals surface area contributed by atoms with E-state index in [1.165, 1.54) is 6.20 Å². The van der Waals surface area contributed by atoms with E-state index in [-0.39, 0.29) is 11.9 Å². The number of hydrogen-bond acceptors (Lipinski definition) is 3. The van der Waals surface area contributed by atoms with E-state index in [4.69, 9.17) is 10.5 Å². The number of nitrogens with two attached hydrogens (primary N) is 1. The molecule has 0 aliphatic heterocycles. The van der Waals surface area contributed by atoms with Crippen molar-refractivity contribution in [2.45, 2.75) is 32.8 Å². The van der Waals surface area contributed by atoms with Crippen molar-refractivity contribution >= 4 is 5.97 Å². The van der Waals surface area contributed by atoms with E-state index in [9.17, 15) is 4.79 Å². The first-order chi connectivity index (χ1) is 8.42. The van der Waals surface area contributed by atoms with E-state index in [1.807, 2.05) is 51.1 Å². The maximum atomic E-state index is 12.0. The third-order valence-corrected chi connectivity index (χ3v) is 2.35. The fraction of sp³-hybridized carbons (Fsp3) is 0.400. The lowest BCUT2D eigenvalue weighted by atomic mass is 9.99. The maximum Gasteiger partial charge on any atom is 0.313 e. The van der Waals surface area contributed by atoms with Crippen LogP contribution in [0.1, 0.15) is 26.3 Å². The summed E-state index contributed by atoms with van der Waals surface area (Å²) in [7, 11) is 0. The van der Waals surface area contributed by atoms with E-state index >= 15 is 0 Å². The number of rotatable bonds is 4. The molecule has 3 heteroatoms. The zero-order valence-electron chi connectivity index (χ0n) is 11.2. The van der Waals surface area contributed by atoms with E-state index in [0.717, 1.165) is 5.56 Å². The fourth-order valence-corrected chi connectivity index (χ4v) is 1.61. The summed E-state index contributed by atoms with van der Waals surface area (Å²) in [6, 6.07) is 9.83. The van der Waals surface area contributed by atoms with Crippen molar-refractivity contribution < 1.29 is 9.53 Å². The van der Waals surface area contributed by atoms with Gasteiger partial charge in [-0.25, -0.2) is 0 Å². The van der Waals surface area contributed by atoms with Gasteiger partial charge < -0.3 is 10.5 Å². The first kappa shape index (κ1) is 14.3. The lowest BCUT2D eigenvalue weighted by Gasteiger charge is -2.22. The summed E-state index contributed by atoms with van der Waals surface area (Å²) in [5.41, 5.74) is 6.01. The monoisotopic (exact) mass is 247 g/mol. The molecule has 2 N–H and O–H groups in total. The first-order valence-corrected chi connectivity index (χ1v) is 6.07. The molecule has 0 bridgehead atoms. The number of hydrogen-bond donors (Lipinski definition) is 1. The Bertz CT molecular complexity index is 404. The van der Waals surface area contributed by atoms with Crippen LogP contribution in [0.2, 0.25) is 0 Å². The zero-order chi connectivity index (χ0) is 13.6. The van der Waals surface area contributed by atoms with Gasteiger partial charge in [-0.05, 0) is 39.0 Å². The van der Waals surface area contributed by atoms with Crippen molar-refractivity contribution in [2.75, 3.05) is 0 Å². The van der Waals surface area contributed by atoms with Crippen LogP contribution in [0.3, 0.4) is 0 Å². The summed E-state index contributed by atoms with van der Waals surface area (Å²) in [6.45, 7) is 5.57. The maximum absolute atomic E-state index is 12.0. The Balaban J connectivity index is 2.74. The molecule has 0 spiro atoms. The predicted octanol–water partition coefficient (Wildman–Crippen LogP) is 2.66. The van der Waals surface area contributed by atoms with E-state index < -0.39 is 5.60 Å². The molecule has 0 heterocycles. The summed E-state index contributed by atoms with van der Waals surface area (Å²) in [5.74, 6) is -0.579. The summed E-state index contributed by atoms with van der Waals surface area (Å²) >= 11 is 0. The Kier molecular flexibility index (Phi) is 4.95. The van der Waals surface area contributed by atoms with Gasteiger partial charge in [0, 0.05) is 0 Å². The third kappa shape index (κ3) is 5.04. The number of esters is 1. The van der Waals surface area contributed by atoms with Crippen molar-refractivity contribution in [2.24, 2.45) is 11.7 Å². The van der Waals surface area contributed by atoms with Gasteiger partial charge >= 0.3 is 5.97 Å². The van der Waals surface area contributed by atoms with Crippen LogP contribution in [0.25, 0.3) is 0 Å². The number of ether oxygens (including phenoxy) is 1. The summed E-state index contributed by atoms with van der Waals surface area (Å²) in [5, 5.41) is 0. The van der Waals surface area contributed by atoms with Crippen LogP contribution >= 0.6 is 0 Å². The zero-order valence-corrected chi connectivity index (χ0v) is 11.2. The largest absolute Gasteiger partial charge is 0.460 e. The topological polar surface area (TPSA) is 52.3 Å². The highest BCUT2D eigenvalue weighted by molar-refractivity contribution is 5.75. The molecule has 0 saturated carbocycles. The SMILES string of the molecule is CC(C)(C)OC(=O)[C@H](C=CN)Cc1ccccc1. The van der Waals surface area contributed by atoms with Crippen LogP contribution in [0.15, 0.2) is 42.6 Å². The second-order valence-corrected chi connectivity index (χ2v) is 5.21. The normalized spacial score (nSPS) is 13.5. The van der Waals surface area contributed by atoms with Gasteiger partial charge in [0.05, 0.1) is 5.92 Å². The number of carbonyl (C=O) groups is 1. The van der Waals surface area contributed by atoms with E-state index in [0.29, 0.717) is 6.42 Å². The van der Waals surface area contributed by atoms with Crippen LogP contribution < -0.4 is 5.73 Å². The number of carbonyl (C=O) groups excluding carboxylic acids is 1. The van der Waals surface area contributed by atoms with Crippen LogP contribution in [0.5, 0.6) is 0 Å². The molecule has 1 rings (SSSR count). The van der Waals surface area contributed by atoms with Gasteiger partial charge in [-0.2, -0.15) is 0 Å². The van der Waals surface area contributed by atoms with E-state index in [1.54, 1.807) is 6.08 Å². The standard InChI is InChI=1S/C15H21NO2/c1-15(2,3)18-14(17)13(9-10-16)11-12-7-5-4-6-8-12/h4-10,13H,11,16H2,1-3H3/t13-/m1/s1. The molecule has 0 unspecified atom stereocenters. The fourth-order valence-electron chi connectivity index (χ4n) is 1.61. The molecule has 1 aromatic rings. The molecule has 0 aliphatic rings. The Morgan fingerprint density at radius 3 is 2.44 bits per heavy atom. The second kappa shape index (κ2) is 6.24. The molecular weight excluding hydrogens is 226 g/mol. The lowest BCUT2D eigenvalue weighted by molar-refractivity contribution is -0.158. The minimum absolute atomic E-state index is 0.243. The van der Waals surface area contributed by atoms with Gasteiger partial charge in [0.1, 0.15) is 5.60 Å². The lowest BCUT2D eigenvalue weighted by Crippen LogP contribution is -2.29. The molecule has 98 valence electrons. The van der Waals surface area contributed by atoms with Gasteiger partial charge in [0.2, 0.25) is 0 Å². The first-order valence-electron chi connectivity index (χ1n) is 6.07.